The SMILES string of the molecule is Cc1ccc(CNC(=O)Cc2ccc(Cl)cc2Cl)cc1. The van der Waals surface area contributed by atoms with Crippen molar-refractivity contribution in [2.45, 2.75) is 19.9 Å². The largest absolute Gasteiger partial charge is 0.352 e. The van der Waals surface area contributed by atoms with E-state index in [1.165, 1.54) is 5.56 Å². The van der Waals surface area contributed by atoms with Crippen molar-refractivity contribution in [3.05, 3.63) is 69.2 Å². The molecule has 1 amide bonds. The summed E-state index contributed by atoms with van der Waals surface area (Å²) < 4.78 is 0. The second kappa shape index (κ2) is 6.78. The molecule has 0 fully saturated rings. The monoisotopic (exact) mass is 307 g/mol. The zero-order valence-corrected chi connectivity index (χ0v) is 12.6. The predicted molar refractivity (Wildman–Crippen MR) is 83.2 cm³/mol. The lowest BCUT2D eigenvalue weighted by Gasteiger charge is -2.07. The molecule has 0 unspecified atom stereocenters. The summed E-state index contributed by atoms with van der Waals surface area (Å²) in [6.45, 7) is 2.55. The number of benzene rings is 2. The highest BCUT2D eigenvalue weighted by Gasteiger charge is 2.07. The first-order valence-corrected chi connectivity index (χ1v) is 7.06. The van der Waals surface area contributed by atoms with Gasteiger partial charge < -0.3 is 5.32 Å². The molecule has 0 radical (unpaired) electrons. The number of rotatable bonds is 4. The van der Waals surface area contributed by atoms with Crippen molar-refractivity contribution in [1.82, 2.24) is 5.32 Å². The zero-order chi connectivity index (χ0) is 14.5. The van der Waals surface area contributed by atoms with E-state index >= 15 is 0 Å². The van der Waals surface area contributed by atoms with Crippen molar-refractivity contribution in [3.63, 3.8) is 0 Å². The number of amides is 1. The first kappa shape index (κ1) is 14.9. The van der Waals surface area contributed by atoms with E-state index in [1.54, 1.807) is 18.2 Å². The quantitative estimate of drug-likeness (QED) is 0.903. The fourth-order valence-electron chi connectivity index (χ4n) is 1.81. The van der Waals surface area contributed by atoms with Gasteiger partial charge in [-0.3, -0.25) is 4.79 Å². The van der Waals surface area contributed by atoms with Crippen molar-refractivity contribution in [2.75, 3.05) is 0 Å². The summed E-state index contributed by atoms with van der Waals surface area (Å²) in [7, 11) is 0. The van der Waals surface area contributed by atoms with Crippen molar-refractivity contribution >= 4 is 29.1 Å². The number of carbonyl (C=O) groups is 1. The summed E-state index contributed by atoms with van der Waals surface area (Å²) in [6.07, 6.45) is 0.252. The number of hydrogen-bond acceptors (Lipinski definition) is 1. The van der Waals surface area contributed by atoms with Crippen molar-refractivity contribution < 1.29 is 4.79 Å². The Hall–Kier alpha value is -1.51. The summed E-state index contributed by atoms with van der Waals surface area (Å²) in [4.78, 5) is 11.9. The minimum absolute atomic E-state index is 0.0604. The fraction of sp³-hybridized carbons (Fsp3) is 0.188. The molecule has 0 aliphatic heterocycles. The predicted octanol–water partition coefficient (Wildman–Crippen LogP) is 4.16. The number of hydrogen-bond donors (Lipinski definition) is 1. The standard InChI is InChI=1S/C16H15Cl2NO/c1-11-2-4-12(5-3-11)10-19-16(20)8-13-6-7-14(17)9-15(13)18/h2-7,9H,8,10H2,1H3,(H,19,20). The van der Waals surface area contributed by atoms with Gasteiger partial charge in [-0.15, -0.1) is 0 Å². The first-order valence-electron chi connectivity index (χ1n) is 6.31. The van der Waals surface area contributed by atoms with Gasteiger partial charge in [-0.25, -0.2) is 0 Å². The molecular weight excluding hydrogens is 293 g/mol. The third-order valence-corrected chi connectivity index (χ3v) is 3.56. The van der Waals surface area contributed by atoms with Crippen LogP contribution in [0.2, 0.25) is 10.0 Å². The van der Waals surface area contributed by atoms with E-state index < -0.39 is 0 Å². The van der Waals surface area contributed by atoms with Crippen LogP contribution in [0.1, 0.15) is 16.7 Å². The van der Waals surface area contributed by atoms with Crippen molar-refractivity contribution in [2.24, 2.45) is 0 Å². The lowest BCUT2D eigenvalue weighted by molar-refractivity contribution is -0.120. The van der Waals surface area contributed by atoms with E-state index in [4.69, 9.17) is 23.2 Å². The summed E-state index contributed by atoms with van der Waals surface area (Å²) >= 11 is 11.9. The molecule has 20 heavy (non-hydrogen) atoms. The summed E-state index contributed by atoms with van der Waals surface area (Å²) in [6, 6.07) is 13.2. The molecule has 2 rings (SSSR count). The van der Waals surface area contributed by atoms with Crippen LogP contribution in [-0.4, -0.2) is 5.91 Å². The van der Waals surface area contributed by atoms with Gasteiger partial charge in [0.15, 0.2) is 0 Å². The molecule has 0 saturated carbocycles. The number of carbonyl (C=O) groups excluding carboxylic acids is 1. The van der Waals surface area contributed by atoms with Crippen LogP contribution in [0.3, 0.4) is 0 Å². The average molecular weight is 308 g/mol. The molecule has 0 atom stereocenters. The van der Waals surface area contributed by atoms with Crippen LogP contribution < -0.4 is 5.32 Å². The maximum Gasteiger partial charge on any atom is 0.224 e. The third-order valence-electron chi connectivity index (χ3n) is 2.98. The van der Waals surface area contributed by atoms with Gasteiger partial charge in [0.1, 0.15) is 0 Å². The molecule has 2 aromatic rings. The lowest BCUT2D eigenvalue weighted by atomic mass is 10.1. The smallest absolute Gasteiger partial charge is 0.224 e. The van der Waals surface area contributed by atoms with Gasteiger partial charge >= 0.3 is 0 Å². The van der Waals surface area contributed by atoms with Gasteiger partial charge in [0.25, 0.3) is 0 Å². The van der Waals surface area contributed by atoms with E-state index in [9.17, 15) is 4.79 Å². The minimum atomic E-state index is -0.0604. The second-order valence-electron chi connectivity index (χ2n) is 4.67. The lowest BCUT2D eigenvalue weighted by Crippen LogP contribution is -2.24. The molecule has 0 heterocycles. The highest BCUT2D eigenvalue weighted by molar-refractivity contribution is 6.35. The Morgan fingerprint density at radius 3 is 2.45 bits per heavy atom. The Balaban J connectivity index is 1.90. The minimum Gasteiger partial charge on any atom is -0.352 e. The van der Waals surface area contributed by atoms with E-state index in [2.05, 4.69) is 5.32 Å². The fourth-order valence-corrected chi connectivity index (χ4v) is 2.28. The molecule has 1 N–H and O–H groups in total. The molecule has 0 aromatic heterocycles. The van der Waals surface area contributed by atoms with Gasteiger partial charge in [-0.05, 0) is 30.2 Å². The molecule has 104 valence electrons. The summed E-state index contributed by atoms with van der Waals surface area (Å²) in [5, 5.41) is 3.96. The van der Waals surface area contributed by atoms with Gasteiger partial charge in [0, 0.05) is 16.6 Å². The topological polar surface area (TPSA) is 29.1 Å². The van der Waals surface area contributed by atoms with Crippen LogP contribution in [0.15, 0.2) is 42.5 Å². The highest BCUT2D eigenvalue weighted by atomic mass is 35.5. The number of nitrogens with one attached hydrogen (secondary N) is 1. The van der Waals surface area contributed by atoms with Crippen LogP contribution >= 0.6 is 23.2 Å². The van der Waals surface area contributed by atoms with Gasteiger partial charge in [-0.2, -0.15) is 0 Å². The molecule has 2 aromatic carbocycles. The second-order valence-corrected chi connectivity index (χ2v) is 5.52. The molecule has 2 nitrogen and oxygen atoms in total. The summed E-state index contributed by atoms with van der Waals surface area (Å²) in [5.74, 6) is -0.0604. The van der Waals surface area contributed by atoms with Crippen LogP contribution in [0.5, 0.6) is 0 Å². The molecule has 0 saturated heterocycles. The van der Waals surface area contributed by atoms with Crippen LogP contribution in [0.25, 0.3) is 0 Å². The van der Waals surface area contributed by atoms with Crippen molar-refractivity contribution in [1.29, 1.82) is 0 Å². The van der Waals surface area contributed by atoms with Crippen molar-refractivity contribution in [3.8, 4) is 0 Å². The van der Waals surface area contributed by atoms with Gasteiger partial charge in [0.2, 0.25) is 5.91 Å². The Labute approximate surface area is 128 Å². The van der Waals surface area contributed by atoms with Gasteiger partial charge in [-0.1, -0.05) is 59.1 Å². The maximum atomic E-state index is 11.9. The molecule has 0 aliphatic carbocycles. The summed E-state index contributed by atoms with van der Waals surface area (Å²) in [5.41, 5.74) is 3.05. The first-order chi connectivity index (χ1) is 9.54. The molecule has 4 heteroatoms. The Morgan fingerprint density at radius 2 is 1.80 bits per heavy atom. The molecule has 0 aliphatic rings. The third kappa shape index (κ3) is 4.26. The average Bonchev–Trinajstić information content (AvgIpc) is 2.41. The number of aryl methyl sites for hydroxylation is 1. The van der Waals surface area contributed by atoms with Crippen LogP contribution in [-0.2, 0) is 17.8 Å². The maximum absolute atomic E-state index is 11.9. The van der Waals surface area contributed by atoms with E-state index in [-0.39, 0.29) is 12.3 Å². The van der Waals surface area contributed by atoms with E-state index in [0.717, 1.165) is 11.1 Å². The van der Waals surface area contributed by atoms with E-state index in [1.807, 2.05) is 31.2 Å². The van der Waals surface area contributed by atoms with Crippen LogP contribution in [0, 0.1) is 6.92 Å². The molecular formula is C16H15Cl2NO. The van der Waals surface area contributed by atoms with E-state index in [0.29, 0.717) is 16.6 Å². The Morgan fingerprint density at radius 1 is 1.10 bits per heavy atom. The number of halogens is 2. The van der Waals surface area contributed by atoms with Gasteiger partial charge in [0.05, 0.1) is 6.42 Å². The van der Waals surface area contributed by atoms with Crippen LogP contribution in [0.4, 0.5) is 0 Å². The highest BCUT2D eigenvalue weighted by Crippen LogP contribution is 2.21. The zero-order valence-electron chi connectivity index (χ0n) is 11.1. The molecule has 0 bridgehead atoms. The Kier molecular flexibility index (Phi) is 5.05. The normalized spacial score (nSPS) is 10.3. The Bertz CT molecular complexity index is 608. The molecule has 0 spiro atoms.